The second-order valence-electron chi connectivity index (χ2n) is 4.75. The molecule has 0 fully saturated rings. The first-order valence-electron chi connectivity index (χ1n) is 6.42. The number of aromatic amines is 1. The maximum atomic E-state index is 11.4. The monoisotopic (exact) mass is 249 g/mol. The molecule has 0 saturated carbocycles. The van der Waals surface area contributed by atoms with Crippen LogP contribution in [0.5, 0.6) is 0 Å². The molecule has 0 saturated heterocycles. The minimum Gasteiger partial charge on any atom is -0.357 e. The molecule has 0 spiro atoms. The predicted octanol–water partition coefficient (Wildman–Crippen LogP) is 4.13. The molecule has 19 heavy (non-hydrogen) atoms. The Morgan fingerprint density at radius 1 is 1.00 bits per heavy atom. The number of carbonyl (C=O) groups is 1. The second kappa shape index (κ2) is 4.73. The molecular formula is C17H15NO. The summed E-state index contributed by atoms with van der Waals surface area (Å²) >= 11 is 0. The summed E-state index contributed by atoms with van der Waals surface area (Å²) in [6.07, 6.45) is 0.952. The fourth-order valence-corrected chi connectivity index (χ4v) is 2.56. The molecular weight excluding hydrogens is 234 g/mol. The normalized spacial score (nSPS) is 12.5. The Labute approximate surface area is 112 Å². The van der Waals surface area contributed by atoms with Crippen LogP contribution in [-0.4, -0.2) is 11.3 Å². The van der Waals surface area contributed by atoms with Crippen molar-refractivity contribution in [1.29, 1.82) is 0 Å². The first-order chi connectivity index (χ1) is 9.31. The van der Waals surface area contributed by atoms with Crippen molar-refractivity contribution in [3.63, 3.8) is 0 Å². The van der Waals surface area contributed by atoms with E-state index in [1.807, 2.05) is 42.5 Å². The van der Waals surface area contributed by atoms with Gasteiger partial charge in [0.2, 0.25) is 0 Å². The number of benzene rings is 2. The molecule has 2 aromatic carbocycles. The van der Waals surface area contributed by atoms with Crippen molar-refractivity contribution in [3.8, 4) is 0 Å². The van der Waals surface area contributed by atoms with Gasteiger partial charge >= 0.3 is 0 Å². The summed E-state index contributed by atoms with van der Waals surface area (Å²) < 4.78 is 0. The molecule has 0 bridgehead atoms. The van der Waals surface area contributed by atoms with Crippen molar-refractivity contribution in [2.75, 3.05) is 0 Å². The van der Waals surface area contributed by atoms with Gasteiger partial charge in [0.1, 0.15) is 0 Å². The highest BCUT2D eigenvalue weighted by Gasteiger charge is 2.17. The number of carbonyl (C=O) groups excluding carboxylic acids is 1. The van der Waals surface area contributed by atoms with Crippen molar-refractivity contribution in [1.82, 2.24) is 4.98 Å². The zero-order valence-corrected chi connectivity index (χ0v) is 10.8. The lowest BCUT2D eigenvalue weighted by atomic mass is 9.95. The van der Waals surface area contributed by atoms with Crippen molar-refractivity contribution < 1.29 is 4.79 Å². The summed E-state index contributed by atoms with van der Waals surface area (Å²) in [6.45, 7) is 2.12. The third-order valence-corrected chi connectivity index (χ3v) is 3.63. The van der Waals surface area contributed by atoms with Crippen LogP contribution in [0.3, 0.4) is 0 Å². The highest BCUT2D eigenvalue weighted by Crippen LogP contribution is 2.30. The van der Waals surface area contributed by atoms with Crippen LogP contribution in [0.1, 0.15) is 34.5 Å². The lowest BCUT2D eigenvalue weighted by molar-refractivity contribution is 0.112. The van der Waals surface area contributed by atoms with Crippen molar-refractivity contribution in [2.24, 2.45) is 0 Å². The maximum absolute atomic E-state index is 11.4. The lowest BCUT2D eigenvalue weighted by Gasteiger charge is -2.11. The van der Waals surface area contributed by atoms with E-state index in [1.54, 1.807) is 0 Å². The van der Waals surface area contributed by atoms with Crippen LogP contribution in [0.15, 0.2) is 54.6 Å². The van der Waals surface area contributed by atoms with E-state index in [-0.39, 0.29) is 5.92 Å². The molecule has 0 radical (unpaired) electrons. The molecule has 0 aliphatic carbocycles. The average molecular weight is 249 g/mol. The van der Waals surface area contributed by atoms with Gasteiger partial charge in [-0.1, -0.05) is 55.5 Å². The molecule has 3 aromatic rings. The number of rotatable bonds is 3. The van der Waals surface area contributed by atoms with Crippen molar-refractivity contribution in [3.05, 3.63) is 71.4 Å². The third-order valence-electron chi connectivity index (χ3n) is 3.63. The number of H-pyrrole nitrogens is 1. The molecule has 1 heterocycles. The van der Waals surface area contributed by atoms with Crippen molar-refractivity contribution in [2.45, 2.75) is 12.8 Å². The fraction of sp³-hybridized carbons (Fsp3) is 0.118. The standard InChI is InChI=1S/C17H15NO/c1-12(13-7-3-2-4-8-13)17-15(11-19)14-9-5-6-10-16(14)18-17/h2-12,18H,1H3/t12-/m1/s1. The molecule has 1 N–H and O–H groups in total. The zero-order chi connectivity index (χ0) is 13.2. The van der Waals surface area contributed by atoms with Gasteiger partial charge in [-0.15, -0.1) is 0 Å². The van der Waals surface area contributed by atoms with Crippen LogP contribution in [-0.2, 0) is 0 Å². The molecule has 0 amide bonds. The van der Waals surface area contributed by atoms with Gasteiger partial charge in [-0.2, -0.15) is 0 Å². The fourth-order valence-electron chi connectivity index (χ4n) is 2.56. The summed E-state index contributed by atoms with van der Waals surface area (Å²) in [7, 11) is 0. The summed E-state index contributed by atoms with van der Waals surface area (Å²) in [5, 5.41) is 0.996. The first-order valence-corrected chi connectivity index (χ1v) is 6.42. The van der Waals surface area contributed by atoms with Gasteiger partial charge in [0, 0.05) is 28.1 Å². The number of nitrogens with one attached hydrogen (secondary N) is 1. The SMILES string of the molecule is C[C@H](c1ccccc1)c1[nH]c2ccccc2c1C=O. The highest BCUT2D eigenvalue weighted by atomic mass is 16.1. The van der Waals surface area contributed by atoms with E-state index in [9.17, 15) is 4.79 Å². The number of hydrogen-bond donors (Lipinski definition) is 1. The Morgan fingerprint density at radius 2 is 1.68 bits per heavy atom. The molecule has 2 heteroatoms. The first kappa shape index (κ1) is 11.7. The highest BCUT2D eigenvalue weighted by molar-refractivity contribution is 5.99. The number of aldehydes is 1. The van der Waals surface area contributed by atoms with Crippen LogP contribution in [0.2, 0.25) is 0 Å². The van der Waals surface area contributed by atoms with Crippen LogP contribution in [0.4, 0.5) is 0 Å². The van der Waals surface area contributed by atoms with E-state index < -0.39 is 0 Å². The minimum atomic E-state index is 0.175. The summed E-state index contributed by atoms with van der Waals surface area (Å²) in [5.74, 6) is 0.175. The molecule has 0 aliphatic rings. The summed E-state index contributed by atoms with van der Waals surface area (Å²) in [5.41, 5.74) is 3.98. The van der Waals surface area contributed by atoms with E-state index in [0.717, 1.165) is 28.4 Å². The van der Waals surface area contributed by atoms with E-state index in [1.165, 1.54) is 5.56 Å². The topological polar surface area (TPSA) is 32.9 Å². The predicted molar refractivity (Wildman–Crippen MR) is 77.6 cm³/mol. The number of aromatic nitrogens is 1. The van der Waals surface area contributed by atoms with Crippen molar-refractivity contribution >= 4 is 17.2 Å². The van der Waals surface area contributed by atoms with E-state index in [0.29, 0.717) is 0 Å². The Morgan fingerprint density at radius 3 is 2.42 bits per heavy atom. The lowest BCUT2D eigenvalue weighted by Crippen LogP contribution is -1.99. The van der Waals surface area contributed by atoms with Crippen LogP contribution >= 0.6 is 0 Å². The Hall–Kier alpha value is -2.35. The largest absolute Gasteiger partial charge is 0.357 e. The molecule has 94 valence electrons. The van der Waals surface area contributed by atoms with Gasteiger partial charge in [-0.25, -0.2) is 0 Å². The molecule has 0 aliphatic heterocycles. The molecule has 1 aromatic heterocycles. The smallest absolute Gasteiger partial charge is 0.152 e. The third kappa shape index (κ3) is 1.95. The van der Waals surface area contributed by atoms with Crippen LogP contribution in [0.25, 0.3) is 10.9 Å². The van der Waals surface area contributed by atoms with E-state index in [2.05, 4.69) is 24.0 Å². The Bertz CT molecular complexity index is 712. The number of para-hydroxylation sites is 1. The summed E-state index contributed by atoms with van der Waals surface area (Å²) in [6, 6.07) is 18.1. The Kier molecular flexibility index (Phi) is 2.92. The van der Waals surface area contributed by atoms with E-state index >= 15 is 0 Å². The number of fused-ring (bicyclic) bond motifs is 1. The summed E-state index contributed by atoms with van der Waals surface area (Å²) in [4.78, 5) is 14.8. The number of hydrogen-bond acceptors (Lipinski definition) is 1. The van der Waals surface area contributed by atoms with Gasteiger partial charge in [0.15, 0.2) is 6.29 Å². The van der Waals surface area contributed by atoms with Crippen LogP contribution in [0, 0.1) is 0 Å². The molecule has 3 rings (SSSR count). The molecule has 0 unspecified atom stereocenters. The minimum absolute atomic E-state index is 0.175. The Balaban J connectivity index is 2.17. The molecule has 1 atom stereocenters. The second-order valence-corrected chi connectivity index (χ2v) is 4.75. The maximum Gasteiger partial charge on any atom is 0.152 e. The van der Waals surface area contributed by atoms with Gasteiger partial charge in [0.05, 0.1) is 0 Å². The average Bonchev–Trinajstić information content (AvgIpc) is 2.85. The van der Waals surface area contributed by atoms with Gasteiger partial charge in [0.25, 0.3) is 0 Å². The van der Waals surface area contributed by atoms with Gasteiger partial charge in [-0.3, -0.25) is 4.79 Å². The van der Waals surface area contributed by atoms with E-state index in [4.69, 9.17) is 0 Å². The van der Waals surface area contributed by atoms with Gasteiger partial charge in [-0.05, 0) is 11.6 Å². The quantitative estimate of drug-likeness (QED) is 0.695. The zero-order valence-electron chi connectivity index (χ0n) is 10.8. The van der Waals surface area contributed by atoms with Crippen LogP contribution < -0.4 is 0 Å². The molecule has 2 nitrogen and oxygen atoms in total. The van der Waals surface area contributed by atoms with Gasteiger partial charge < -0.3 is 4.98 Å².